The molecule has 0 radical (unpaired) electrons. The predicted octanol–water partition coefficient (Wildman–Crippen LogP) is 4.11. The van der Waals surface area contributed by atoms with Crippen LogP contribution < -0.4 is 0 Å². The number of hydrogen-bond acceptors (Lipinski definition) is 3. The molecule has 1 amide bonds. The molecule has 2 N–H and O–H groups in total. The molecule has 1 unspecified atom stereocenters. The first kappa shape index (κ1) is 17.6. The normalized spacial score (nSPS) is 17.0. The minimum atomic E-state index is -0.583. The van der Waals surface area contributed by atoms with E-state index in [2.05, 4.69) is 38.4 Å². The van der Waals surface area contributed by atoms with Crippen molar-refractivity contribution in [2.75, 3.05) is 13.1 Å². The van der Waals surface area contributed by atoms with E-state index < -0.39 is 5.95 Å². The molecule has 1 atom stereocenters. The van der Waals surface area contributed by atoms with Crippen molar-refractivity contribution in [1.29, 1.82) is 0 Å². The van der Waals surface area contributed by atoms with Gasteiger partial charge in [-0.3, -0.25) is 9.89 Å². The van der Waals surface area contributed by atoms with Gasteiger partial charge in [0, 0.05) is 41.8 Å². The number of carbonyl (C=O) groups excluding carboxylic acids is 1. The molecule has 6 nitrogen and oxygen atoms in total. The fourth-order valence-electron chi connectivity index (χ4n) is 4.00. The van der Waals surface area contributed by atoms with Crippen LogP contribution in [0.1, 0.15) is 34.8 Å². The Balaban J connectivity index is 1.34. The first-order valence-electron chi connectivity index (χ1n) is 9.71. The van der Waals surface area contributed by atoms with Crippen LogP contribution in [0.3, 0.4) is 0 Å². The van der Waals surface area contributed by atoms with Crippen molar-refractivity contribution in [1.82, 2.24) is 25.1 Å². The van der Waals surface area contributed by atoms with Crippen LogP contribution in [0, 0.1) is 5.95 Å². The van der Waals surface area contributed by atoms with E-state index in [-0.39, 0.29) is 11.8 Å². The second kappa shape index (κ2) is 7.16. The zero-order valence-electron chi connectivity index (χ0n) is 15.7. The summed E-state index contributed by atoms with van der Waals surface area (Å²) in [6.07, 6.45) is 3.19. The molecule has 1 saturated heterocycles. The van der Waals surface area contributed by atoms with Crippen molar-refractivity contribution in [2.45, 2.75) is 18.8 Å². The first-order valence-corrected chi connectivity index (χ1v) is 9.71. The van der Waals surface area contributed by atoms with E-state index in [1.165, 1.54) is 18.3 Å². The van der Waals surface area contributed by atoms with E-state index in [4.69, 9.17) is 0 Å². The zero-order chi connectivity index (χ0) is 19.8. The summed E-state index contributed by atoms with van der Waals surface area (Å²) >= 11 is 0. The number of pyridine rings is 1. The number of carbonyl (C=O) groups is 1. The van der Waals surface area contributed by atoms with Crippen LogP contribution in [-0.4, -0.2) is 44.1 Å². The molecular weight excluding hydrogens is 369 g/mol. The summed E-state index contributed by atoms with van der Waals surface area (Å²) in [5.41, 5.74) is 4.34. The summed E-state index contributed by atoms with van der Waals surface area (Å²) in [7, 11) is 0. The number of fused-ring (bicyclic) bond motifs is 1. The van der Waals surface area contributed by atoms with E-state index in [1.807, 2.05) is 23.1 Å². The number of aromatic nitrogens is 4. The van der Waals surface area contributed by atoms with Crippen molar-refractivity contribution in [3.8, 4) is 11.4 Å². The Kier molecular flexibility index (Phi) is 4.35. The maximum absolute atomic E-state index is 13.0. The van der Waals surface area contributed by atoms with Crippen LogP contribution in [0.15, 0.2) is 54.7 Å². The van der Waals surface area contributed by atoms with E-state index in [1.54, 1.807) is 0 Å². The Morgan fingerprint density at radius 1 is 1.17 bits per heavy atom. The van der Waals surface area contributed by atoms with Crippen LogP contribution in [0.2, 0.25) is 0 Å². The van der Waals surface area contributed by atoms with Gasteiger partial charge in [-0.1, -0.05) is 18.2 Å². The summed E-state index contributed by atoms with van der Waals surface area (Å²) in [4.78, 5) is 21.5. The number of aromatic amines is 2. The molecule has 146 valence electrons. The number of halogens is 1. The quantitative estimate of drug-likeness (QED) is 0.518. The van der Waals surface area contributed by atoms with Crippen LogP contribution in [0.4, 0.5) is 4.39 Å². The average Bonchev–Trinajstić information content (AvgIpc) is 3.41. The Bertz CT molecular complexity index is 1130. The van der Waals surface area contributed by atoms with Crippen molar-refractivity contribution in [2.24, 2.45) is 0 Å². The van der Waals surface area contributed by atoms with Gasteiger partial charge in [0.05, 0.1) is 11.3 Å². The summed E-state index contributed by atoms with van der Waals surface area (Å²) in [5, 5.41) is 8.79. The van der Waals surface area contributed by atoms with Crippen LogP contribution in [-0.2, 0) is 0 Å². The average molecular weight is 389 g/mol. The smallest absolute Gasteiger partial charge is 0.255 e. The van der Waals surface area contributed by atoms with Gasteiger partial charge in [-0.05, 0) is 43.2 Å². The first-order chi connectivity index (χ1) is 14.2. The highest BCUT2D eigenvalue weighted by molar-refractivity contribution is 5.94. The van der Waals surface area contributed by atoms with Crippen molar-refractivity contribution in [3.63, 3.8) is 0 Å². The monoisotopic (exact) mass is 389 g/mol. The van der Waals surface area contributed by atoms with E-state index >= 15 is 0 Å². The van der Waals surface area contributed by atoms with Gasteiger partial charge >= 0.3 is 0 Å². The molecule has 1 aliphatic heterocycles. The fourth-order valence-corrected chi connectivity index (χ4v) is 4.00. The lowest BCUT2D eigenvalue weighted by atomic mass is 9.94. The van der Waals surface area contributed by atoms with Gasteiger partial charge in [0.25, 0.3) is 5.91 Å². The van der Waals surface area contributed by atoms with Gasteiger partial charge < -0.3 is 9.88 Å². The van der Waals surface area contributed by atoms with Gasteiger partial charge in [0.15, 0.2) is 0 Å². The molecule has 5 rings (SSSR count). The summed E-state index contributed by atoms with van der Waals surface area (Å²) in [6, 6.07) is 15.0. The van der Waals surface area contributed by atoms with Crippen molar-refractivity contribution in [3.05, 3.63) is 71.9 Å². The number of para-hydroxylation sites is 1. The fraction of sp³-hybridized carbons (Fsp3) is 0.227. The highest BCUT2D eigenvalue weighted by atomic mass is 19.1. The highest BCUT2D eigenvalue weighted by Gasteiger charge is 2.27. The van der Waals surface area contributed by atoms with Crippen molar-refractivity contribution < 1.29 is 9.18 Å². The van der Waals surface area contributed by atoms with Gasteiger partial charge in [-0.2, -0.15) is 9.49 Å². The Morgan fingerprint density at radius 2 is 2.07 bits per heavy atom. The predicted molar refractivity (Wildman–Crippen MR) is 108 cm³/mol. The number of nitrogens with one attached hydrogen (secondary N) is 2. The number of nitrogens with zero attached hydrogens (tertiary/aromatic N) is 3. The third-order valence-electron chi connectivity index (χ3n) is 5.53. The van der Waals surface area contributed by atoms with Gasteiger partial charge in [-0.15, -0.1) is 0 Å². The van der Waals surface area contributed by atoms with Gasteiger partial charge in [0.1, 0.15) is 5.69 Å². The largest absolute Gasteiger partial charge is 0.353 e. The summed E-state index contributed by atoms with van der Waals surface area (Å²) in [6.45, 7) is 1.29. The maximum atomic E-state index is 13.0. The standard InChI is InChI=1S/C22H20FN5O/c23-21-8-7-15(12-24-21)22(29)28-9-3-5-16(13-28)18-11-20(27-26-18)19-10-14-4-1-2-6-17(14)25-19/h1-2,4,6-8,10-12,16,25H,3,5,9,13H2,(H,26,27). The third kappa shape index (κ3) is 3.40. The molecule has 3 aromatic heterocycles. The Hall–Kier alpha value is -3.48. The SMILES string of the molecule is O=C(c1ccc(F)nc1)N1CCCC(c2cc(-c3cc4ccccc4[nH]3)n[nH]2)C1. The second-order valence-corrected chi connectivity index (χ2v) is 7.44. The van der Waals surface area contributed by atoms with Gasteiger partial charge in [-0.25, -0.2) is 4.98 Å². The molecule has 1 fully saturated rings. The Labute approximate surface area is 166 Å². The van der Waals surface area contributed by atoms with Crippen molar-refractivity contribution >= 4 is 16.8 Å². The topological polar surface area (TPSA) is 77.7 Å². The number of likely N-dealkylation sites (tertiary alicyclic amines) is 1. The molecule has 0 aliphatic carbocycles. The molecule has 4 aromatic rings. The van der Waals surface area contributed by atoms with Crippen LogP contribution in [0.25, 0.3) is 22.3 Å². The molecule has 0 bridgehead atoms. The molecule has 0 saturated carbocycles. The molecule has 0 spiro atoms. The van der Waals surface area contributed by atoms with Crippen LogP contribution >= 0.6 is 0 Å². The number of hydrogen-bond donors (Lipinski definition) is 2. The number of H-pyrrole nitrogens is 2. The number of piperidine rings is 1. The number of benzene rings is 1. The van der Waals surface area contributed by atoms with E-state index in [9.17, 15) is 9.18 Å². The van der Waals surface area contributed by atoms with E-state index in [0.29, 0.717) is 18.7 Å². The number of amides is 1. The maximum Gasteiger partial charge on any atom is 0.255 e. The molecule has 1 aliphatic rings. The summed E-state index contributed by atoms with van der Waals surface area (Å²) < 4.78 is 13.0. The molecule has 7 heteroatoms. The Morgan fingerprint density at radius 3 is 2.90 bits per heavy atom. The molecule has 29 heavy (non-hydrogen) atoms. The highest BCUT2D eigenvalue weighted by Crippen LogP contribution is 2.30. The van der Waals surface area contributed by atoms with E-state index in [0.717, 1.165) is 40.8 Å². The second-order valence-electron chi connectivity index (χ2n) is 7.44. The number of rotatable bonds is 3. The lowest BCUT2D eigenvalue weighted by Crippen LogP contribution is -2.39. The van der Waals surface area contributed by atoms with Gasteiger partial charge in [0.2, 0.25) is 5.95 Å². The summed E-state index contributed by atoms with van der Waals surface area (Å²) in [5.74, 6) is -0.510. The zero-order valence-corrected chi connectivity index (χ0v) is 15.7. The minimum absolute atomic E-state index is 0.113. The van der Waals surface area contributed by atoms with Crippen LogP contribution in [0.5, 0.6) is 0 Å². The minimum Gasteiger partial charge on any atom is -0.353 e. The molecule has 1 aromatic carbocycles. The lowest BCUT2D eigenvalue weighted by molar-refractivity contribution is 0.0705. The lowest BCUT2D eigenvalue weighted by Gasteiger charge is -2.32. The molecular formula is C22H20FN5O. The molecule has 4 heterocycles. The third-order valence-corrected chi connectivity index (χ3v) is 5.53.